The van der Waals surface area contributed by atoms with Crippen molar-refractivity contribution in [3.8, 4) is 0 Å². The van der Waals surface area contributed by atoms with Gasteiger partial charge in [0, 0.05) is 0 Å². The molecule has 0 atom stereocenters. The Morgan fingerprint density at radius 3 is 1.05 bits per heavy atom. The molecular weight excluding hydrogens is 386 g/mol. The minimum absolute atomic E-state index is 1.21. The molecular formula is C18H15ClOSn. The minimum atomic E-state index is -3.56. The third-order valence-corrected chi connectivity index (χ3v) is 15.7. The first-order chi connectivity index (χ1) is 10.4. The molecule has 0 saturated carbocycles. The van der Waals surface area contributed by atoms with Crippen LogP contribution in [0.1, 0.15) is 0 Å². The second-order valence-electron chi connectivity index (χ2n) is 4.86. The van der Waals surface area contributed by atoms with Gasteiger partial charge in [-0.2, -0.15) is 0 Å². The summed E-state index contributed by atoms with van der Waals surface area (Å²) in [7, 11) is 0. The number of benzene rings is 3. The molecule has 0 fully saturated rings. The third-order valence-electron chi connectivity index (χ3n) is 3.66. The predicted molar refractivity (Wildman–Crippen MR) is 90.9 cm³/mol. The monoisotopic (exact) mass is 402 g/mol. The molecule has 0 bridgehead atoms. The van der Waals surface area contributed by atoms with E-state index in [-0.39, 0.29) is 0 Å². The van der Waals surface area contributed by atoms with Crippen LogP contribution in [0.2, 0.25) is 0 Å². The van der Waals surface area contributed by atoms with E-state index < -0.39 is 18.8 Å². The molecule has 3 aromatic rings. The molecule has 0 saturated heterocycles. The van der Waals surface area contributed by atoms with E-state index >= 15 is 0 Å². The summed E-state index contributed by atoms with van der Waals surface area (Å²) in [6, 6.07) is 31.1. The molecule has 104 valence electrons. The zero-order valence-electron chi connectivity index (χ0n) is 11.4. The van der Waals surface area contributed by atoms with Crippen LogP contribution in [-0.4, -0.2) is 18.8 Å². The van der Waals surface area contributed by atoms with Gasteiger partial charge in [0.2, 0.25) is 0 Å². The van der Waals surface area contributed by atoms with E-state index in [1.165, 1.54) is 10.7 Å². The maximum atomic E-state index is 6.12. The molecule has 3 heteroatoms. The van der Waals surface area contributed by atoms with Crippen molar-refractivity contribution in [2.45, 2.75) is 0 Å². The molecule has 0 aromatic heterocycles. The second kappa shape index (κ2) is 6.65. The molecule has 0 radical (unpaired) electrons. The molecule has 0 amide bonds. The van der Waals surface area contributed by atoms with Gasteiger partial charge in [-0.25, -0.2) is 0 Å². The quantitative estimate of drug-likeness (QED) is 0.611. The summed E-state index contributed by atoms with van der Waals surface area (Å²) >= 11 is 2.56. The summed E-state index contributed by atoms with van der Waals surface area (Å²) in [5, 5.41) is 0. The van der Waals surface area contributed by atoms with E-state index in [0.717, 1.165) is 0 Å². The standard InChI is InChI=1S/3C6H5.ClO.Sn/c3*1-2-4-6-5-3-1;1-2;/h3*1-5H;;/q;;;-1;+1. The molecule has 0 aliphatic carbocycles. The van der Waals surface area contributed by atoms with Crippen LogP contribution in [-0.2, 0) is 2.63 Å². The molecule has 1 nitrogen and oxygen atoms in total. The van der Waals surface area contributed by atoms with Gasteiger partial charge in [-0.3, -0.25) is 0 Å². The van der Waals surface area contributed by atoms with Crippen LogP contribution in [0, 0.1) is 0 Å². The molecule has 0 aliphatic rings. The molecule has 0 unspecified atom stereocenters. The Bertz CT molecular complexity index is 590. The Labute approximate surface area is 134 Å². The van der Waals surface area contributed by atoms with E-state index in [9.17, 15) is 0 Å². The summed E-state index contributed by atoms with van der Waals surface area (Å²) < 4.78 is 9.40. The van der Waals surface area contributed by atoms with Crippen LogP contribution in [0.15, 0.2) is 91.0 Å². The number of rotatable bonds is 4. The van der Waals surface area contributed by atoms with E-state index in [2.05, 4.69) is 36.4 Å². The van der Waals surface area contributed by atoms with Gasteiger partial charge in [0.15, 0.2) is 0 Å². The van der Waals surface area contributed by atoms with Crippen LogP contribution in [0.3, 0.4) is 0 Å². The zero-order chi connectivity index (χ0) is 14.5. The summed E-state index contributed by atoms with van der Waals surface area (Å²) in [6.07, 6.45) is 0. The summed E-state index contributed by atoms with van der Waals surface area (Å²) in [6.45, 7) is 0. The third kappa shape index (κ3) is 2.73. The topological polar surface area (TPSA) is 9.23 Å². The molecule has 0 aliphatic heterocycles. The van der Waals surface area contributed by atoms with Crippen LogP contribution in [0.25, 0.3) is 0 Å². The summed E-state index contributed by atoms with van der Waals surface area (Å²) in [5.74, 6) is 0. The first-order valence-electron chi connectivity index (χ1n) is 6.84. The molecule has 3 rings (SSSR count). The maximum absolute atomic E-state index is 6.12. The van der Waals surface area contributed by atoms with E-state index in [1.807, 2.05) is 54.6 Å². The van der Waals surface area contributed by atoms with Crippen molar-refractivity contribution in [2.24, 2.45) is 0 Å². The Morgan fingerprint density at radius 2 is 0.810 bits per heavy atom. The molecule has 0 N–H and O–H groups in total. The fraction of sp³-hybridized carbons (Fsp3) is 0. The van der Waals surface area contributed by atoms with Crippen molar-refractivity contribution in [1.82, 2.24) is 0 Å². The SMILES string of the molecule is Cl[O][Sn]([c]1ccccc1)([c]1ccccc1)[c]1ccccc1. The Hall–Kier alpha value is -1.29. The van der Waals surface area contributed by atoms with E-state index in [1.54, 1.807) is 0 Å². The van der Waals surface area contributed by atoms with Gasteiger partial charge >= 0.3 is 135 Å². The zero-order valence-corrected chi connectivity index (χ0v) is 15.1. The van der Waals surface area contributed by atoms with Crippen LogP contribution >= 0.6 is 11.9 Å². The van der Waals surface area contributed by atoms with Crippen molar-refractivity contribution in [3.05, 3.63) is 91.0 Å². The fourth-order valence-electron chi connectivity index (χ4n) is 2.65. The Balaban J connectivity index is 2.29. The van der Waals surface area contributed by atoms with Crippen molar-refractivity contribution in [2.75, 3.05) is 0 Å². The Kier molecular flexibility index (Phi) is 4.63. The number of hydrogen-bond acceptors (Lipinski definition) is 1. The van der Waals surface area contributed by atoms with Crippen LogP contribution in [0.5, 0.6) is 0 Å². The van der Waals surface area contributed by atoms with Gasteiger partial charge in [-0.05, 0) is 0 Å². The Morgan fingerprint density at radius 1 is 0.524 bits per heavy atom. The molecule has 21 heavy (non-hydrogen) atoms. The summed E-state index contributed by atoms with van der Waals surface area (Å²) in [4.78, 5) is 0. The van der Waals surface area contributed by atoms with Gasteiger partial charge in [-0.15, -0.1) is 0 Å². The first kappa shape index (κ1) is 14.6. The average Bonchev–Trinajstić information content (AvgIpc) is 2.59. The van der Waals surface area contributed by atoms with Gasteiger partial charge in [0.25, 0.3) is 0 Å². The summed E-state index contributed by atoms with van der Waals surface area (Å²) in [5.41, 5.74) is 0. The van der Waals surface area contributed by atoms with E-state index in [0.29, 0.717) is 0 Å². The van der Waals surface area contributed by atoms with Gasteiger partial charge in [-0.1, -0.05) is 0 Å². The first-order valence-corrected chi connectivity index (χ1v) is 12.6. The van der Waals surface area contributed by atoms with Crippen molar-refractivity contribution in [3.63, 3.8) is 0 Å². The predicted octanol–water partition coefficient (Wildman–Crippen LogP) is 2.82. The van der Waals surface area contributed by atoms with Crippen molar-refractivity contribution in [1.29, 1.82) is 0 Å². The van der Waals surface area contributed by atoms with Gasteiger partial charge in [0.05, 0.1) is 0 Å². The molecule has 0 heterocycles. The fourth-order valence-corrected chi connectivity index (χ4v) is 13.7. The van der Waals surface area contributed by atoms with Gasteiger partial charge in [0.1, 0.15) is 0 Å². The van der Waals surface area contributed by atoms with Crippen LogP contribution in [0.4, 0.5) is 0 Å². The van der Waals surface area contributed by atoms with Crippen molar-refractivity contribution >= 4 is 41.4 Å². The normalized spacial score (nSPS) is 11.3. The van der Waals surface area contributed by atoms with Crippen LogP contribution < -0.4 is 10.7 Å². The van der Waals surface area contributed by atoms with Crippen molar-refractivity contribution < 1.29 is 2.63 Å². The van der Waals surface area contributed by atoms with E-state index in [4.69, 9.17) is 14.5 Å². The average molecular weight is 401 g/mol. The number of hydrogen-bond donors (Lipinski definition) is 0. The second-order valence-corrected chi connectivity index (χ2v) is 15.2. The van der Waals surface area contributed by atoms with Gasteiger partial charge < -0.3 is 0 Å². The molecule has 3 aromatic carbocycles. The number of halogens is 1. The molecule has 0 spiro atoms.